The van der Waals surface area contributed by atoms with Gasteiger partial charge in [0.1, 0.15) is 11.2 Å². The number of hydrogen-bond donors (Lipinski definition) is 0. The minimum atomic E-state index is 0.625. The number of fused-ring (bicyclic) bond motifs is 6. The Morgan fingerprint density at radius 3 is 1.62 bits per heavy atom. The summed E-state index contributed by atoms with van der Waals surface area (Å²) in [6, 6.07) is 65.6. The molecule has 11 rings (SSSR count). The molecule has 0 unspecified atom stereocenters. The maximum atomic E-state index is 6.63. The van der Waals surface area contributed by atoms with Crippen LogP contribution < -0.4 is 0 Å². The van der Waals surface area contributed by atoms with Crippen LogP contribution in [0.5, 0.6) is 0 Å². The van der Waals surface area contributed by atoms with Crippen molar-refractivity contribution in [3.8, 4) is 67.5 Å². The molecule has 56 heavy (non-hydrogen) atoms. The molecule has 11 aromatic rings. The van der Waals surface area contributed by atoms with Crippen molar-refractivity contribution >= 4 is 53.4 Å². The SMILES string of the molecule is c1ccc(-c2ccc3c(c2)sc2c(-c4ccc5c(c4)oc4cccc(-c6cccc(-c7nc(-c8ccccc8)nc(-c8ccccc8)n7)c6)c45)cccc23)cc1. The zero-order valence-electron chi connectivity index (χ0n) is 30.1. The molecule has 0 aliphatic carbocycles. The lowest BCUT2D eigenvalue weighted by atomic mass is 9.96. The predicted octanol–water partition coefficient (Wildman–Crippen LogP) is 14.1. The van der Waals surface area contributed by atoms with Gasteiger partial charge < -0.3 is 4.42 Å². The van der Waals surface area contributed by atoms with Crippen molar-refractivity contribution in [3.63, 3.8) is 0 Å². The van der Waals surface area contributed by atoms with Crippen LogP contribution in [0.25, 0.3) is 110 Å². The topological polar surface area (TPSA) is 51.8 Å². The van der Waals surface area contributed by atoms with Gasteiger partial charge >= 0.3 is 0 Å². The highest BCUT2D eigenvalue weighted by Crippen LogP contribution is 2.44. The summed E-state index contributed by atoms with van der Waals surface area (Å²) in [5.41, 5.74) is 11.5. The zero-order chi connectivity index (χ0) is 37.0. The predicted molar refractivity (Wildman–Crippen MR) is 233 cm³/mol. The third kappa shape index (κ3) is 5.56. The lowest BCUT2D eigenvalue weighted by molar-refractivity contribution is 0.669. The molecule has 0 saturated carbocycles. The summed E-state index contributed by atoms with van der Waals surface area (Å²) < 4.78 is 9.20. The Hall–Kier alpha value is -7.21. The average Bonchev–Trinajstić information content (AvgIpc) is 3.85. The van der Waals surface area contributed by atoms with E-state index < -0.39 is 0 Å². The Kier molecular flexibility index (Phi) is 7.64. The molecule has 0 aliphatic heterocycles. The molecule has 5 heteroatoms. The van der Waals surface area contributed by atoms with Crippen molar-refractivity contribution < 1.29 is 4.42 Å². The maximum absolute atomic E-state index is 6.63. The Morgan fingerprint density at radius 2 is 0.893 bits per heavy atom. The van der Waals surface area contributed by atoms with Crippen molar-refractivity contribution in [2.45, 2.75) is 0 Å². The lowest BCUT2D eigenvalue weighted by Gasteiger charge is -2.10. The van der Waals surface area contributed by atoms with E-state index in [0.717, 1.165) is 55.3 Å². The molecule has 4 nitrogen and oxygen atoms in total. The van der Waals surface area contributed by atoms with Crippen LogP contribution in [0.15, 0.2) is 192 Å². The number of thiophene rings is 1. The van der Waals surface area contributed by atoms with Crippen LogP contribution in [-0.2, 0) is 0 Å². The van der Waals surface area contributed by atoms with Gasteiger partial charge in [-0.15, -0.1) is 11.3 Å². The normalized spacial score (nSPS) is 11.6. The van der Waals surface area contributed by atoms with Gasteiger partial charge in [0.05, 0.1) is 0 Å². The van der Waals surface area contributed by atoms with Gasteiger partial charge in [0.15, 0.2) is 17.5 Å². The van der Waals surface area contributed by atoms with E-state index in [1.807, 2.05) is 72.0 Å². The fourth-order valence-corrected chi connectivity index (χ4v) is 9.11. The lowest BCUT2D eigenvalue weighted by Crippen LogP contribution is -2.00. The monoisotopic (exact) mass is 733 g/mol. The molecular formula is C51H31N3OS. The van der Waals surface area contributed by atoms with Crippen LogP contribution >= 0.6 is 11.3 Å². The summed E-state index contributed by atoms with van der Waals surface area (Å²) in [5, 5.41) is 4.73. The van der Waals surface area contributed by atoms with Gasteiger partial charge in [-0.3, -0.25) is 0 Å². The highest BCUT2D eigenvalue weighted by Gasteiger charge is 2.18. The Bertz CT molecular complexity index is 3180. The van der Waals surface area contributed by atoms with Crippen LogP contribution in [0.3, 0.4) is 0 Å². The second-order valence-corrected chi connectivity index (χ2v) is 15.0. The molecule has 0 N–H and O–H groups in total. The first-order chi connectivity index (χ1) is 27.7. The Balaban J connectivity index is 1.00. The molecule has 0 atom stereocenters. The van der Waals surface area contributed by atoms with Gasteiger partial charge in [-0.1, -0.05) is 158 Å². The molecule has 3 heterocycles. The minimum absolute atomic E-state index is 0.625. The van der Waals surface area contributed by atoms with Crippen molar-refractivity contribution in [2.75, 3.05) is 0 Å². The van der Waals surface area contributed by atoms with E-state index >= 15 is 0 Å². The standard InChI is InChI=1S/C51H31N3OS/c1-4-13-32(14-5-1)35-25-27-41-42-23-11-22-40(48(42)56-46(41)31-35)37-26-28-43-45(30-37)55-44-24-12-21-39(47(43)44)36-19-10-20-38(29-36)51-53-49(33-15-6-2-7-16-33)52-50(54-51)34-17-8-3-9-18-34/h1-31H. The molecule has 3 aromatic heterocycles. The molecule has 0 fully saturated rings. The van der Waals surface area contributed by atoms with Crippen LogP contribution in [-0.4, -0.2) is 15.0 Å². The summed E-state index contributed by atoms with van der Waals surface area (Å²) in [5.74, 6) is 1.91. The van der Waals surface area contributed by atoms with Crippen molar-refractivity contribution in [1.29, 1.82) is 0 Å². The number of hydrogen-bond acceptors (Lipinski definition) is 5. The van der Waals surface area contributed by atoms with Crippen molar-refractivity contribution in [3.05, 3.63) is 188 Å². The second kappa shape index (κ2) is 13.3. The molecule has 8 aromatic carbocycles. The van der Waals surface area contributed by atoms with Gasteiger partial charge in [-0.25, -0.2) is 15.0 Å². The van der Waals surface area contributed by atoms with E-state index in [1.54, 1.807) is 0 Å². The molecule has 262 valence electrons. The van der Waals surface area contributed by atoms with Gasteiger partial charge in [0.2, 0.25) is 0 Å². The van der Waals surface area contributed by atoms with Crippen molar-refractivity contribution in [2.24, 2.45) is 0 Å². The second-order valence-electron chi connectivity index (χ2n) is 14.0. The largest absolute Gasteiger partial charge is 0.456 e. The number of rotatable bonds is 6. The minimum Gasteiger partial charge on any atom is -0.456 e. The number of furan rings is 1. The first kappa shape index (κ1) is 32.2. The third-order valence-corrected chi connectivity index (χ3v) is 11.7. The maximum Gasteiger partial charge on any atom is 0.164 e. The van der Waals surface area contributed by atoms with Gasteiger partial charge in [0, 0.05) is 47.6 Å². The zero-order valence-corrected chi connectivity index (χ0v) is 30.9. The average molecular weight is 734 g/mol. The summed E-state index contributed by atoms with van der Waals surface area (Å²) >= 11 is 1.86. The van der Waals surface area contributed by atoms with Crippen LogP contribution in [0.2, 0.25) is 0 Å². The van der Waals surface area contributed by atoms with E-state index in [9.17, 15) is 0 Å². The summed E-state index contributed by atoms with van der Waals surface area (Å²) in [4.78, 5) is 14.9. The molecular weight excluding hydrogens is 703 g/mol. The quantitative estimate of drug-likeness (QED) is 0.171. The molecule has 0 bridgehead atoms. The summed E-state index contributed by atoms with van der Waals surface area (Å²) in [7, 11) is 0. The molecule has 0 amide bonds. The third-order valence-electron chi connectivity index (χ3n) is 10.5. The van der Waals surface area contributed by atoms with Crippen molar-refractivity contribution in [1.82, 2.24) is 15.0 Å². The fourth-order valence-electron chi connectivity index (χ4n) is 7.83. The van der Waals surface area contributed by atoms with E-state index in [0.29, 0.717) is 17.5 Å². The first-order valence-electron chi connectivity index (χ1n) is 18.7. The summed E-state index contributed by atoms with van der Waals surface area (Å²) in [6.07, 6.45) is 0. The van der Waals surface area contributed by atoms with Crippen LogP contribution in [0.1, 0.15) is 0 Å². The number of nitrogens with zero attached hydrogens (tertiary/aromatic N) is 3. The fraction of sp³-hybridized carbons (Fsp3) is 0. The summed E-state index contributed by atoms with van der Waals surface area (Å²) in [6.45, 7) is 0. The molecule has 0 radical (unpaired) electrons. The van der Waals surface area contributed by atoms with Gasteiger partial charge in [0.25, 0.3) is 0 Å². The van der Waals surface area contributed by atoms with E-state index in [4.69, 9.17) is 19.4 Å². The molecule has 0 aliphatic rings. The van der Waals surface area contributed by atoms with E-state index in [-0.39, 0.29) is 0 Å². The van der Waals surface area contributed by atoms with E-state index in [2.05, 4.69) is 127 Å². The van der Waals surface area contributed by atoms with Gasteiger partial charge in [-0.2, -0.15) is 0 Å². The smallest absolute Gasteiger partial charge is 0.164 e. The Morgan fingerprint density at radius 1 is 0.339 bits per heavy atom. The van der Waals surface area contributed by atoms with Crippen LogP contribution in [0.4, 0.5) is 0 Å². The van der Waals surface area contributed by atoms with Crippen LogP contribution in [0, 0.1) is 0 Å². The van der Waals surface area contributed by atoms with E-state index in [1.165, 1.54) is 36.9 Å². The Labute approximate surface area is 327 Å². The highest BCUT2D eigenvalue weighted by atomic mass is 32.1. The molecule has 0 saturated heterocycles. The highest BCUT2D eigenvalue weighted by molar-refractivity contribution is 7.26. The van der Waals surface area contributed by atoms with Gasteiger partial charge in [-0.05, 0) is 63.7 Å². The first-order valence-corrected chi connectivity index (χ1v) is 19.5. The molecule has 0 spiro atoms. The number of benzene rings is 8. The number of aromatic nitrogens is 3.